The Morgan fingerprint density at radius 3 is 2.54 bits per heavy atom. The summed E-state index contributed by atoms with van der Waals surface area (Å²) in [5, 5.41) is 13.3. The van der Waals surface area contributed by atoms with Gasteiger partial charge >= 0.3 is 0 Å². The van der Waals surface area contributed by atoms with Gasteiger partial charge in [-0.15, -0.1) is 0 Å². The molecule has 5 heteroatoms. The van der Waals surface area contributed by atoms with Gasteiger partial charge < -0.3 is 10.4 Å². The lowest BCUT2D eigenvalue weighted by atomic mass is 9.99. The van der Waals surface area contributed by atoms with E-state index in [-0.39, 0.29) is 5.54 Å². The smallest absolute Gasteiger partial charge is 0.203 e. The molecule has 0 spiro atoms. The van der Waals surface area contributed by atoms with E-state index in [1.54, 1.807) is 6.92 Å². The molecule has 13 heavy (non-hydrogen) atoms. The number of anilines is 1. The number of hydrogen-bond donors (Lipinski definition) is 2. The van der Waals surface area contributed by atoms with Crippen LogP contribution in [-0.2, 0) is 0 Å². The lowest BCUT2D eigenvalue weighted by Crippen LogP contribution is -2.41. The number of hydrogen-bond acceptors (Lipinski definition) is 5. The van der Waals surface area contributed by atoms with E-state index >= 15 is 0 Å². The van der Waals surface area contributed by atoms with E-state index in [1.807, 2.05) is 20.8 Å². The maximum Gasteiger partial charge on any atom is 0.203 e. The first-order valence-electron chi connectivity index (χ1n) is 4.18. The zero-order valence-corrected chi connectivity index (χ0v) is 9.14. The first kappa shape index (κ1) is 10.4. The van der Waals surface area contributed by atoms with E-state index in [1.165, 1.54) is 11.5 Å². The van der Waals surface area contributed by atoms with Gasteiger partial charge in [-0.3, -0.25) is 0 Å². The molecule has 0 amide bonds. The molecule has 4 nitrogen and oxygen atoms in total. The Hall–Kier alpha value is -0.680. The highest BCUT2D eigenvalue weighted by molar-refractivity contribution is 7.09. The highest BCUT2D eigenvalue weighted by Crippen LogP contribution is 2.19. The van der Waals surface area contributed by atoms with Crippen molar-refractivity contribution in [3.05, 3.63) is 5.82 Å². The second-order valence-corrected chi connectivity index (χ2v) is 4.42. The normalized spacial score (nSPS) is 14.2. The number of rotatable bonds is 3. The maximum absolute atomic E-state index is 9.44. The Labute approximate surface area is 82.2 Å². The number of aliphatic hydroxyl groups is 1. The highest BCUT2D eigenvalue weighted by Gasteiger charge is 2.24. The molecule has 1 rings (SSSR count). The summed E-state index contributed by atoms with van der Waals surface area (Å²) in [4.78, 5) is 4.16. The van der Waals surface area contributed by atoms with Crippen molar-refractivity contribution in [1.82, 2.24) is 9.36 Å². The van der Waals surface area contributed by atoms with Gasteiger partial charge in [-0.1, -0.05) is 0 Å². The van der Waals surface area contributed by atoms with Gasteiger partial charge in [-0.25, -0.2) is 4.98 Å². The van der Waals surface area contributed by atoms with Gasteiger partial charge in [0.1, 0.15) is 5.82 Å². The molecule has 74 valence electrons. The summed E-state index contributed by atoms with van der Waals surface area (Å²) in [6.07, 6.45) is -0.434. The van der Waals surface area contributed by atoms with Crippen LogP contribution in [0.4, 0.5) is 5.13 Å². The standard InChI is InChI=1S/C8H15N3OS/c1-5(12)8(3,4)10-7-9-6(2)11-13-7/h5,12H,1-4H3,(H,9,10,11). The fourth-order valence-corrected chi connectivity index (χ4v) is 1.47. The summed E-state index contributed by atoms with van der Waals surface area (Å²) in [7, 11) is 0. The summed E-state index contributed by atoms with van der Waals surface area (Å²) in [6, 6.07) is 0. The molecule has 1 aromatic heterocycles. The fourth-order valence-electron chi connectivity index (χ4n) is 0.728. The van der Waals surface area contributed by atoms with E-state index in [4.69, 9.17) is 0 Å². The predicted molar refractivity (Wildman–Crippen MR) is 54.0 cm³/mol. The van der Waals surface area contributed by atoms with Gasteiger partial charge in [0.05, 0.1) is 11.6 Å². The number of aromatic nitrogens is 2. The first-order valence-corrected chi connectivity index (χ1v) is 4.96. The zero-order valence-electron chi connectivity index (χ0n) is 8.33. The second kappa shape index (κ2) is 3.59. The van der Waals surface area contributed by atoms with Crippen LogP contribution in [0.25, 0.3) is 0 Å². The van der Waals surface area contributed by atoms with Crippen molar-refractivity contribution in [3.63, 3.8) is 0 Å². The van der Waals surface area contributed by atoms with Crippen LogP contribution in [0.1, 0.15) is 26.6 Å². The molecule has 0 aliphatic rings. The Morgan fingerprint density at radius 2 is 2.15 bits per heavy atom. The van der Waals surface area contributed by atoms with Crippen LogP contribution >= 0.6 is 11.5 Å². The van der Waals surface area contributed by atoms with Gasteiger partial charge in [0.25, 0.3) is 0 Å². The molecule has 0 aromatic carbocycles. The van der Waals surface area contributed by atoms with Crippen LogP contribution in [0.15, 0.2) is 0 Å². The predicted octanol–water partition coefficient (Wildman–Crippen LogP) is 1.42. The lowest BCUT2D eigenvalue weighted by molar-refractivity contribution is 0.133. The van der Waals surface area contributed by atoms with E-state index in [0.29, 0.717) is 0 Å². The molecule has 0 bridgehead atoms. The number of aryl methyl sites for hydroxylation is 1. The Morgan fingerprint density at radius 1 is 1.54 bits per heavy atom. The van der Waals surface area contributed by atoms with Crippen LogP contribution in [0.5, 0.6) is 0 Å². The molecule has 0 saturated carbocycles. The van der Waals surface area contributed by atoms with Crippen LogP contribution < -0.4 is 5.32 Å². The first-order chi connectivity index (χ1) is 5.92. The van der Waals surface area contributed by atoms with E-state index in [0.717, 1.165) is 11.0 Å². The second-order valence-electron chi connectivity index (χ2n) is 3.67. The van der Waals surface area contributed by atoms with Crippen molar-refractivity contribution in [2.75, 3.05) is 5.32 Å². The van der Waals surface area contributed by atoms with Gasteiger partial charge in [0.15, 0.2) is 0 Å². The average molecular weight is 201 g/mol. The minimum atomic E-state index is -0.434. The number of aliphatic hydroxyl groups excluding tert-OH is 1. The molecular formula is C8H15N3OS. The van der Waals surface area contributed by atoms with Crippen LogP contribution in [-0.4, -0.2) is 26.1 Å². The third-order valence-electron chi connectivity index (χ3n) is 2.00. The summed E-state index contributed by atoms with van der Waals surface area (Å²) < 4.78 is 4.05. The average Bonchev–Trinajstić information content (AvgIpc) is 2.34. The monoisotopic (exact) mass is 201 g/mol. The largest absolute Gasteiger partial charge is 0.391 e. The number of nitrogens with zero attached hydrogens (tertiary/aromatic N) is 2. The lowest BCUT2D eigenvalue weighted by Gasteiger charge is -2.28. The van der Waals surface area contributed by atoms with Crippen molar-refractivity contribution in [1.29, 1.82) is 0 Å². The van der Waals surface area contributed by atoms with Crippen molar-refractivity contribution >= 4 is 16.7 Å². The third kappa shape index (κ3) is 2.63. The molecule has 0 saturated heterocycles. The maximum atomic E-state index is 9.44. The Bertz CT molecular complexity index is 283. The van der Waals surface area contributed by atoms with Crippen molar-refractivity contribution in [2.24, 2.45) is 0 Å². The van der Waals surface area contributed by atoms with Gasteiger partial charge in [0, 0.05) is 11.5 Å². The quantitative estimate of drug-likeness (QED) is 0.776. The summed E-state index contributed by atoms with van der Waals surface area (Å²) in [6.45, 7) is 7.45. The minimum Gasteiger partial charge on any atom is -0.391 e. The molecule has 2 N–H and O–H groups in total. The number of nitrogens with one attached hydrogen (secondary N) is 1. The zero-order chi connectivity index (χ0) is 10.1. The van der Waals surface area contributed by atoms with Crippen LogP contribution in [0.3, 0.4) is 0 Å². The van der Waals surface area contributed by atoms with Crippen LogP contribution in [0.2, 0.25) is 0 Å². The molecule has 0 fully saturated rings. The fraction of sp³-hybridized carbons (Fsp3) is 0.750. The van der Waals surface area contributed by atoms with Gasteiger partial charge in [0.2, 0.25) is 5.13 Å². The molecular weight excluding hydrogens is 186 g/mol. The van der Waals surface area contributed by atoms with Gasteiger partial charge in [-0.05, 0) is 27.7 Å². The molecule has 0 radical (unpaired) electrons. The molecule has 1 heterocycles. The van der Waals surface area contributed by atoms with Crippen molar-refractivity contribution < 1.29 is 5.11 Å². The SMILES string of the molecule is Cc1nsc(NC(C)(C)C(C)O)n1. The summed E-state index contributed by atoms with van der Waals surface area (Å²) >= 11 is 1.31. The van der Waals surface area contributed by atoms with Crippen molar-refractivity contribution in [2.45, 2.75) is 39.3 Å². The van der Waals surface area contributed by atoms with E-state index in [2.05, 4.69) is 14.7 Å². The van der Waals surface area contributed by atoms with E-state index < -0.39 is 6.10 Å². The topological polar surface area (TPSA) is 58.0 Å². The molecule has 1 aromatic rings. The van der Waals surface area contributed by atoms with Crippen LogP contribution in [0, 0.1) is 6.92 Å². The minimum absolute atomic E-state index is 0.369. The molecule has 1 atom stereocenters. The Kier molecular flexibility index (Phi) is 2.87. The molecule has 0 aliphatic heterocycles. The van der Waals surface area contributed by atoms with Gasteiger partial charge in [-0.2, -0.15) is 4.37 Å². The highest BCUT2D eigenvalue weighted by atomic mass is 32.1. The molecule has 0 aliphatic carbocycles. The summed E-state index contributed by atoms with van der Waals surface area (Å²) in [5.41, 5.74) is -0.369. The van der Waals surface area contributed by atoms with E-state index in [9.17, 15) is 5.11 Å². The third-order valence-corrected chi connectivity index (χ3v) is 2.72. The molecule has 1 unspecified atom stereocenters. The van der Waals surface area contributed by atoms with Crippen molar-refractivity contribution in [3.8, 4) is 0 Å². The Balaban J connectivity index is 2.68. The summed E-state index contributed by atoms with van der Waals surface area (Å²) in [5.74, 6) is 0.758.